The number of anilines is 1. The van der Waals surface area contributed by atoms with Crippen molar-refractivity contribution >= 4 is 23.1 Å². The number of carbonyl (C=O) groups is 2. The Morgan fingerprint density at radius 3 is 2.25 bits per heavy atom. The summed E-state index contributed by atoms with van der Waals surface area (Å²) in [5.41, 5.74) is 6.37. The molecule has 0 saturated heterocycles. The van der Waals surface area contributed by atoms with Gasteiger partial charge < -0.3 is 5.32 Å². The molecule has 2 N–H and O–H groups in total. The molecule has 0 unspecified atom stereocenters. The van der Waals surface area contributed by atoms with Crippen LogP contribution in [-0.2, 0) is 11.2 Å². The monoisotopic (exact) mass is 421 g/mol. The van der Waals surface area contributed by atoms with Gasteiger partial charge in [0.05, 0.1) is 18.1 Å². The van der Waals surface area contributed by atoms with Crippen molar-refractivity contribution in [2.45, 2.75) is 26.2 Å². The van der Waals surface area contributed by atoms with E-state index < -0.39 is 11.8 Å². The number of carbonyl (C=O) groups excluding carboxylic acids is 2. The van der Waals surface area contributed by atoms with Crippen LogP contribution in [0.25, 0.3) is 16.7 Å². The molecule has 158 valence electrons. The first-order valence-corrected chi connectivity index (χ1v) is 10.5. The van der Waals surface area contributed by atoms with Crippen LogP contribution >= 0.6 is 0 Å². The predicted molar refractivity (Wildman–Crippen MR) is 126 cm³/mol. The van der Waals surface area contributed by atoms with E-state index in [1.165, 1.54) is 5.56 Å². The number of imide groups is 1. The smallest absolute Gasteiger partial charge is 0.260 e. The molecule has 32 heavy (non-hydrogen) atoms. The normalized spacial score (nSPS) is 14.1. The Bertz CT molecular complexity index is 1250. The molecule has 1 heterocycles. The predicted octanol–water partition coefficient (Wildman–Crippen LogP) is 5.27. The van der Waals surface area contributed by atoms with Gasteiger partial charge in [0.25, 0.3) is 11.8 Å². The maximum absolute atomic E-state index is 12.6. The van der Waals surface area contributed by atoms with Crippen LogP contribution in [0.3, 0.4) is 0 Å². The van der Waals surface area contributed by atoms with E-state index in [2.05, 4.69) is 54.8 Å². The van der Waals surface area contributed by atoms with E-state index in [1.54, 1.807) is 12.3 Å². The molecule has 1 aliphatic heterocycles. The second-order valence-electron chi connectivity index (χ2n) is 8.05. The summed E-state index contributed by atoms with van der Waals surface area (Å²) >= 11 is 0. The zero-order valence-corrected chi connectivity index (χ0v) is 18.0. The van der Waals surface area contributed by atoms with Gasteiger partial charge in [0.15, 0.2) is 0 Å². The summed E-state index contributed by atoms with van der Waals surface area (Å²) in [5, 5.41) is 14.3. The first-order valence-electron chi connectivity index (χ1n) is 10.5. The van der Waals surface area contributed by atoms with Gasteiger partial charge in [-0.2, -0.15) is 5.26 Å². The molecule has 4 rings (SSSR count). The van der Waals surface area contributed by atoms with Crippen molar-refractivity contribution < 1.29 is 9.59 Å². The van der Waals surface area contributed by atoms with E-state index in [0.717, 1.165) is 22.4 Å². The van der Waals surface area contributed by atoms with Crippen LogP contribution < -0.4 is 10.6 Å². The number of benzene rings is 3. The number of hydrogen-bond acceptors (Lipinski definition) is 4. The van der Waals surface area contributed by atoms with Crippen molar-refractivity contribution in [3.05, 3.63) is 95.2 Å². The number of rotatable bonds is 5. The molecule has 0 spiro atoms. The van der Waals surface area contributed by atoms with Crippen molar-refractivity contribution in [3.8, 4) is 17.2 Å². The third kappa shape index (κ3) is 4.30. The lowest BCUT2D eigenvalue weighted by Gasteiger charge is -2.19. The summed E-state index contributed by atoms with van der Waals surface area (Å²) in [6.07, 6.45) is 1.96. The zero-order valence-electron chi connectivity index (χ0n) is 18.0. The lowest BCUT2D eigenvalue weighted by Crippen LogP contribution is -2.36. The second-order valence-corrected chi connectivity index (χ2v) is 8.05. The lowest BCUT2D eigenvalue weighted by atomic mass is 9.91. The molecule has 0 aromatic heterocycles. The molecule has 3 aromatic rings. The summed E-state index contributed by atoms with van der Waals surface area (Å²) in [6.45, 7) is 4.30. The Kier molecular flexibility index (Phi) is 5.87. The van der Waals surface area contributed by atoms with Crippen molar-refractivity contribution in [1.82, 2.24) is 5.32 Å². The fourth-order valence-corrected chi connectivity index (χ4v) is 3.67. The molecular weight excluding hydrogens is 398 g/mol. The molecule has 0 saturated carbocycles. The van der Waals surface area contributed by atoms with Crippen LogP contribution in [0.1, 0.15) is 46.8 Å². The minimum absolute atomic E-state index is 0.347. The molecule has 0 atom stereocenters. The van der Waals surface area contributed by atoms with E-state index in [9.17, 15) is 9.59 Å². The molecule has 0 fully saturated rings. The summed E-state index contributed by atoms with van der Waals surface area (Å²) in [7, 11) is 0. The second kappa shape index (κ2) is 8.91. The maximum atomic E-state index is 12.6. The zero-order chi connectivity index (χ0) is 22.7. The standard InChI is InChI=1S/C27H23N3O2/c1-17(2)19-5-7-20(8-6-19)21-9-12-23-24(15-21)25(27(32)30-26(23)31)16-29-22-10-3-18(4-11-22)13-14-28/h3-12,15-17,29H,13H2,1-2H3,(H,30,31,32)/b25-16-. The highest BCUT2D eigenvalue weighted by atomic mass is 16.2. The fraction of sp³-hybridized carbons (Fsp3) is 0.148. The molecule has 1 aliphatic rings. The Balaban J connectivity index is 1.68. The van der Waals surface area contributed by atoms with Gasteiger partial charge in [0.1, 0.15) is 0 Å². The largest absolute Gasteiger partial charge is 0.361 e. The first kappa shape index (κ1) is 21.1. The average molecular weight is 422 g/mol. The number of fused-ring (bicyclic) bond motifs is 1. The van der Waals surface area contributed by atoms with E-state index >= 15 is 0 Å². The highest BCUT2D eigenvalue weighted by molar-refractivity contribution is 6.31. The van der Waals surface area contributed by atoms with E-state index in [4.69, 9.17) is 5.26 Å². The summed E-state index contributed by atoms with van der Waals surface area (Å²) in [6, 6.07) is 23.4. The number of hydrogen-bond donors (Lipinski definition) is 2. The van der Waals surface area contributed by atoms with Gasteiger partial charge in [-0.05, 0) is 52.4 Å². The molecule has 5 heteroatoms. The third-order valence-corrected chi connectivity index (χ3v) is 5.56. The summed E-state index contributed by atoms with van der Waals surface area (Å²) in [4.78, 5) is 25.0. The molecule has 0 radical (unpaired) electrons. The van der Waals surface area contributed by atoms with E-state index in [0.29, 0.717) is 29.0 Å². The van der Waals surface area contributed by atoms with Crippen LogP contribution in [0.5, 0.6) is 0 Å². The SMILES string of the molecule is CC(C)c1ccc(-c2ccc3c(c2)/C(=C/Nc2ccc(CC#N)cc2)C(=O)NC3=O)cc1. The van der Waals surface area contributed by atoms with Crippen LogP contribution in [0.2, 0.25) is 0 Å². The quantitative estimate of drug-likeness (QED) is 0.435. The molecule has 0 aliphatic carbocycles. The highest BCUT2D eigenvalue weighted by Crippen LogP contribution is 2.30. The number of amides is 2. The van der Waals surface area contributed by atoms with Gasteiger partial charge in [0.2, 0.25) is 0 Å². The van der Waals surface area contributed by atoms with Gasteiger partial charge in [-0.15, -0.1) is 0 Å². The fourth-order valence-electron chi connectivity index (χ4n) is 3.67. The van der Waals surface area contributed by atoms with Gasteiger partial charge in [0, 0.05) is 23.0 Å². The van der Waals surface area contributed by atoms with E-state index in [-0.39, 0.29) is 0 Å². The minimum atomic E-state index is -0.441. The van der Waals surface area contributed by atoms with E-state index in [1.807, 2.05) is 36.4 Å². The number of nitrogens with zero attached hydrogens (tertiary/aromatic N) is 1. The summed E-state index contributed by atoms with van der Waals surface area (Å²) in [5.74, 6) is -0.392. The lowest BCUT2D eigenvalue weighted by molar-refractivity contribution is -0.114. The Morgan fingerprint density at radius 2 is 1.59 bits per heavy atom. The van der Waals surface area contributed by atoms with Crippen molar-refractivity contribution in [2.24, 2.45) is 0 Å². The summed E-state index contributed by atoms with van der Waals surface area (Å²) < 4.78 is 0. The Hall–Kier alpha value is -4.17. The minimum Gasteiger partial charge on any atom is -0.361 e. The molecular formula is C27H23N3O2. The average Bonchev–Trinajstić information content (AvgIpc) is 2.80. The molecule has 2 amide bonds. The third-order valence-electron chi connectivity index (χ3n) is 5.56. The van der Waals surface area contributed by atoms with Gasteiger partial charge >= 0.3 is 0 Å². The van der Waals surface area contributed by atoms with Crippen molar-refractivity contribution in [2.75, 3.05) is 5.32 Å². The molecule has 5 nitrogen and oxygen atoms in total. The molecule has 3 aromatic carbocycles. The Morgan fingerprint density at radius 1 is 0.906 bits per heavy atom. The molecule has 0 bridgehead atoms. The van der Waals surface area contributed by atoms with Gasteiger partial charge in [-0.1, -0.05) is 56.3 Å². The van der Waals surface area contributed by atoms with Crippen LogP contribution in [0.4, 0.5) is 5.69 Å². The Labute approximate surface area is 187 Å². The van der Waals surface area contributed by atoms with Crippen LogP contribution in [0, 0.1) is 11.3 Å². The topological polar surface area (TPSA) is 82.0 Å². The van der Waals surface area contributed by atoms with Crippen molar-refractivity contribution in [3.63, 3.8) is 0 Å². The van der Waals surface area contributed by atoms with Crippen LogP contribution in [0.15, 0.2) is 72.9 Å². The van der Waals surface area contributed by atoms with Crippen LogP contribution in [-0.4, -0.2) is 11.8 Å². The highest BCUT2D eigenvalue weighted by Gasteiger charge is 2.27. The van der Waals surface area contributed by atoms with Crippen molar-refractivity contribution in [1.29, 1.82) is 5.26 Å². The van der Waals surface area contributed by atoms with Gasteiger partial charge in [-0.25, -0.2) is 0 Å². The number of nitriles is 1. The maximum Gasteiger partial charge on any atom is 0.260 e. The first-order chi connectivity index (χ1) is 15.5. The number of nitrogens with one attached hydrogen (secondary N) is 2. The van der Waals surface area contributed by atoms with Gasteiger partial charge in [-0.3, -0.25) is 14.9 Å².